The van der Waals surface area contributed by atoms with Crippen LogP contribution < -0.4 is 10.5 Å². The van der Waals surface area contributed by atoms with E-state index in [0.29, 0.717) is 5.56 Å². The number of sulfonamides is 1. The minimum absolute atomic E-state index is 0.0411. The third-order valence-corrected chi connectivity index (χ3v) is 7.43. The Kier molecular flexibility index (Phi) is 6.39. The molecule has 0 amide bonds. The van der Waals surface area contributed by atoms with Crippen LogP contribution in [-0.4, -0.2) is 42.9 Å². The first kappa shape index (κ1) is 23.8. The van der Waals surface area contributed by atoms with Crippen molar-refractivity contribution in [3.8, 4) is 5.75 Å². The number of halogens is 2. The van der Waals surface area contributed by atoms with Gasteiger partial charge in [-0.05, 0) is 42.3 Å². The minimum Gasteiger partial charge on any atom is -0.480 e. The molecule has 1 saturated heterocycles. The van der Waals surface area contributed by atoms with Gasteiger partial charge in [-0.1, -0.05) is 36.4 Å². The van der Waals surface area contributed by atoms with Crippen LogP contribution in [0.25, 0.3) is 0 Å². The molecule has 3 aromatic carbocycles. The van der Waals surface area contributed by atoms with Crippen molar-refractivity contribution in [2.24, 2.45) is 5.73 Å². The molecule has 7 nitrogen and oxygen atoms in total. The van der Waals surface area contributed by atoms with E-state index < -0.39 is 39.3 Å². The molecule has 4 rings (SSSR count). The van der Waals surface area contributed by atoms with Gasteiger partial charge in [0.2, 0.25) is 10.0 Å². The Morgan fingerprint density at radius 1 is 1.06 bits per heavy atom. The van der Waals surface area contributed by atoms with E-state index in [-0.39, 0.29) is 35.7 Å². The summed E-state index contributed by atoms with van der Waals surface area (Å²) < 4.78 is 62.0. The molecule has 0 unspecified atom stereocenters. The van der Waals surface area contributed by atoms with E-state index in [2.05, 4.69) is 0 Å². The smallest absolute Gasteiger partial charge is 0.320 e. The van der Waals surface area contributed by atoms with Gasteiger partial charge in [-0.25, -0.2) is 17.2 Å². The van der Waals surface area contributed by atoms with Gasteiger partial charge in [0.1, 0.15) is 23.4 Å². The number of hydrogen-bond donors (Lipinski definition) is 2. The summed E-state index contributed by atoms with van der Waals surface area (Å²) in [6.07, 6.45) is -0.0411. The van der Waals surface area contributed by atoms with Gasteiger partial charge in [-0.3, -0.25) is 4.79 Å². The number of hydrogen-bond acceptors (Lipinski definition) is 5. The predicted octanol–water partition coefficient (Wildman–Crippen LogP) is 2.90. The molecule has 0 saturated carbocycles. The number of ether oxygens (including phenoxy) is 1. The third-order valence-electron chi connectivity index (χ3n) is 5.65. The van der Waals surface area contributed by atoms with Crippen molar-refractivity contribution in [3.05, 3.63) is 95.6 Å². The van der Waals surface area contributed by atoms with Crippen LogP contribution in [0.15, 0.2) is 77.7 Å². The number of carboxylic acids is 1. The summed E-state index contributed by atoms with van der Waals surface area (Å²) in [7, 11) is -4.00. The van der Waals surface area contributed by atoms with E-state index in [9.17, 15) is 22.0 Å². The first-order chi connectivity index (χ1) is 16.1. The molecular formula is C24H22F2N2O5S. The molecule has 1 aliphatic rings. The number of aliphatic carboxylic acids is 1. The number of benzene rings is 3. The maximum atomic E-state index is 14.7. The van der Waals surface area contributed by atoms with Gasteiger partial charge >= 0.3 is 5.97 Å². The lowest BCUT2D eigenvalue weighted by atomic mass is 9.87. The zero-order valence-electron chi connectivity index (χ0n) is 17.9. The zero-order valence-corrected chi connectivity index (χ0v) is 18.7. The van der Waals surface area contributed by atoms with Crippen LogP contribution in [0.3, 0.4) is 0 Å². The van der Waals surface area contributed by atoms with Crippen molar-refractivity contribution in [2.45, 2.75) is 23.0 Å². The van der Waals surface area contributed by atoms with E-state index >= 15 is 0 Å². The van der Waals surface area contributed by atoms with Crippen LogP contribution in [0.5, 0.6) is 5.75 Å². The Balaban J connectivity index is 1.62. The lowest BCUT2D eigenvalue weighted by molar-refractivity contribution is -0.138. The molecule has 3 N–H and O–H groups in total. The molecule has 0 aliphatic carbocycles. The van der Waals surface area contributed by atoms with E-state index in [4.69, 9.17) is 15.6 Å². The van der Waals surface area contributed by atoms with Gasteiger partial charge in [0, 0.05) is 11.6 Å². The van der Waals surface area contributed by atoms with Crippen molar-refractivity contribution in [1.82, 2.24) is 4.31 Å². The highest BCUT2D eigenvalue weighted by Gasteiger charge is 2.53. The lowest BCUT2D eigenvalue weighted by Crippen LogP contribution is -2.64. The normalized spacial score (nSPS) is 16.4. The molecule has 0 radical (unpaired) electrons. The molecule has 0 aromatic heterocycles. The van der Waals surface area contributed by atoms with Crippen molar-refractivity contribution < 1.29 is 31.8 Å². The molecule has 34 heavy (non-hydrogen) atoms. The van der Waals surface area contributed by atoms with Crippen LogP contribution in [0.1, 0.15) is 11.1 Å². The van der Waals surface area contributed by atoms with Crippen LogP contribution in [0.2, 0.25) is 0 Å². The minimum atomic E-state index is -4.00. The first-order valence-corrected chi connectivity index (χ1v) is 11.8. The molecule has 1 heterocycles. The summed E-state index contributed by atoms with van der Waals surface area (Å²) in [5.41, 5.74) is 4.82. The van der Waals surface area contributed by atoms with Gasteiger partial charge < -0.3 is 15.6 Å². The van der Waals surface area contributed by atoms with Gasteiger partial charge in [0.05, 0.1) is 18.0 Å². The second-order valence-electron chi connectivity index (χ2n) is 8.10. The molecule has 1 aliphatic heterocycles. The molecule has 10 heteroatoms. The molecule has 0 spiro atoms. The molecule has 0 bridgehead atoms. The van der Waals surface area contributed by atoms with E-state index in [1.54, 1.807) is 12.1 Å². The van der Waals surface area contributed by atoms with Crippen LogP contribution in [-0.2, 0) is 26.8 Å². The topological polar surface area (TPSA) is 110 Å². The van der Waals surface area contributed by atoms with Crippen molar-refractivity contribution >= 4 is 16.0 Å². The van der Waals surface area contributed by atoms with Gasteiger partial charge in [0.15, 0.2) is 5.60 Å². The number of rotatable bonds is 8. The van der Waals surface area contributed by atoms with Crippen molar-refractivity contribution in [3.63, 3.8) is 0 Å². The zero-order chi connectivity index (χ0) is 24.5. The monoisotopic (exact) mass is 488 g/mol. The van der Waals surface area contributed by atoms with Crippen LogP contribution in [0, 0.1) is 11.6 Å². The number of nitrogens with zero attached hydrogens (tertiary/aromatic N) is 1. The molecule has 3 aromatic rings. The fourth-order valence-corrected chi connectivity index (χ4v) is 5.50. The molecule has 1 atom stereocenters. The second kappa shape index (κ2) is 9.13. The largest absolute Gasteiger partial charge is 0.480 e. The van der Waals surface area contributed by atoms with Crippen molar-refractivity contribution in [1.29, 1.82) is 0 Å². The molecule has 178 valence electrons. The van der Waals surface area contributed by atoms with Crippen molar-refractivity contribution in [2.75, 3.05) is 13.1 Å². The SMILES string of the molecule is N[C@@H](Cc1cccc(S(=O)(=O)N2CC(Oc3cccc(F)c3)(c3ccccc3F)C2)c1)C(=O)O. The Morgan fingerprint density at radius 3 is 2.44 bits per heavy atom. The Morgan fingerprint density at radius 2 is 1.76 bits per heavy atom. The van der Waals surface area contributed by atoms with E-state index in [0.717, 1.165) is 10.4 Å². The summed E-state index contributed by atoms with van der Waals surface area (Å²) in [4.78, 5) is 11.0. The fourth-order valence-electron chi connectivity index (χ4n) is 3.89. The van der Waals surface area contributed by atoms with Gasteiger partial charge in [-0.15, -0.1) is 0 Å². The van der Waals surface area contributed by atoms with Gasteiger partial charge in [0.25, 0.3) is 0 Å². The van der Waals surface area contributed by atoms with Crippen LogP contribution in [0.4, 0.5) is 8.78 Å². The summed E-state index contributed by atoms with van der Waals surface area (Å²) in [6, 6.07) is 15.9. The van der Waals surface area contributed by atoms with E-state index in [1.807, 2.05) is 0 Å². The third kappa shape index (κ3) is 4.65. The Labute approximate surface area is 195 Å². The quantitative estimate of drug-likeness (QED) is 0.505. The Bertz CT molecular complexity index is 1330. The average molecular weight is 489 g/mol. The number of carbonyl (C=O) groups is 1. The second-order valence-corrected chi connectivity index (χ2v) is 10.0. The first-order valence-electron chi connectivity index (χ1n) is 10.4. The lowest BCUT2D eigenvalue weighted by Gasteiger charge is -2.48. The maximum absolute atomic E-state index is 14.7. The Hall–Kier alpha value is -3.34. The number of nitrogens with two attached hydrogens (primary N) is 1. The predicted molar refractivity (Wildman–Crippen MR) is 120 cm³/mol. The molecular weight excluding hydrogens is 466 g/mol. The summed E-state index contributed by atoms with van der Waals surface area (Å²) in [6.45, 7) is -0.405. The summed E-state index contributed by atoms with van der Waals surface area (Å²) in [5.74, 6) is -2.16. The highest BCUT2D eigenvalue weighted by Crippen LogP contribution is 2.41. The average Bonchev–Trinajstić information content (AvgIpc) is 2.76. The van der Waals surface area contributed by atoms with E-state index in [1.165, 1.54) is 54.6 Å². The highest BCUT2D eigenvalue weighted by atomic mass is 32.2. The standard InChI is InChI=1S/C24H22F2N2O5S/c25-17-6-4-7-18(13-17)33-24(20-9-1-2-10-21(20)26)14-28(15-24)34(31,32)19-8-3-5-16(11-19)12-22(27)23(29)30/h1-11,13,22H,12,14-15,27H2,(H,29,30)/t22-/m0/s1. The highest BCUT2D eigenvalue weighted by molar-refractivity contribution is 7.89. The molecule has 1 fully saturated rings. The maximum Gasteiger partial charge on any atom is 0.320 e. The fraction of sp³-hybridized carbons (Fsp3) is 0.208. The number of carboxylic acid groups (broad SMARTS) is 1. The van der Waals surface area contributed by atoms with Crippen LogP contribution >= 0.6 is 0 Å². The van der Waals surface area contributed by atoms with Gasteiger partial charge in [-0.2, -0.15) is 4.31 Å². The summed E-state index contributed by atoms with van der Waals surface area (Å²) >= 11 is 0. The summed E-state index contributed by atoms with van der Waals surface area (Å²) in [5, 5.41) is 9.01.